The minimum absolute atomic E-state index is 0.0763. The number of hydrogen-bond acceptors (Lipinski definition) is 4. The first-order valence-electron chi connectivity index (χ1n) is 8.68. The first-order valence-corrected chi connectivity index (χ1v) is 9.47. The van der Waals surface area contributed by atoms with E-state index < -0.39 is 0 Å². The Bertz CT molecular complexity index is 902. The first kappa shape index (κ1) is 19.3. The molecule has 0 aliphatic rings. The number of rotatable bonds is 6. The summed E-state index contributed by atoms with van der Waals surface area (Å²) in [5.74, 6) is 0.316. The highest BCUT2D eigenvalue weighted by Gasteiger charge is 2.18. The number of amides is 1. The second kappa shape index (κ2) is 8.50. The van der Waals surface area contributed by atoms with Crippen LogP contribution in [0, 0.1) is 6.92 Å². The monoisotopic (exact) mass is 427 g/mol. The Morgan fingerprint density at radius 2 is 1.81 bits per heavy atom. The van der Waals surface area contributed by atoms with Gasteiger partial charge in [-0.05, 0) is 38.7 Å². The smallest absolute Gasteiger partial charge is 0.273 e. The highest BCUT2D eigenvalue weighted by molar-refractivity contribution is 9.10. The van der Waals surface area contributed by atoms with Gasteiger partial charge in [0.15, 0.2) is 11.5 Å². The lowest BCUT2D eigenvalue weighted by molar-refractivity contribution is 0.0933. The zero-order valence-electron chi connectivity index (χ0n) is 15.6. The summed E-state index contributed by atoms with van der Waals surface area (Å²) in [5, 5.41) is 6.87. The zero-order valence-corrected chi connectivity index (χ0v) is 17.2. The van der Waals surface area contributed by atoms with Crippen molar-refractivity contribution < 1.29 is 9.32 Å². The average molecular weight is 428 g/mol. The van der Waals surface area contributed by atoms with E-state index in [0.29, 0.717) is 12.3 Å². The van der Waals surface area contributed by atoms with Gasteiger partial charge in [0, 0.05) is 22.6 Å². The number of likely N-dealkylation sites (N-methyl/N-ethyl adjacent to an activating group) is 1. The van der Waals surface area contributed by atoms with Crippen molar-refractivity contribution in [2.45, 2.75) is 13.0 Å². The number of aromatic nitrogens is 1. The molecule has 0 aliphatic carbocycles. The lowest BCUT2D eigenvalue weighted by Crippen LogP contribution is -2.34. The molecule has 1 N–H and O–H groups in total. The van der Waals surface area contributed by atoms with Crippen molar-refractivity contribution in [3.63, 3.8) is 0 Å². The fourth-order valence-corrected chi connectivity index (χ4v) is 3.06. The van der Waals surface area contributed by atoms with Gasteiger partial charge in [-0.2, -0.15) is 0 Å². The molecule has 0 bridgehead atoms. The van der Waals surface area contributed by atoms with Gasteiger partial charge in [-0.1, -0.05) is 63.0 Å². The number of nitrogens with zero attached hydrogens (tertiary/aromatic N) is 2. The van der Waals surface area contributed by atoms with Crippen molar-refractivity contribution >= 4 is 21.8 Å². The standard InChI is InChI=1S/C21H22BrN3O2/c1-14-4-6-15(7-5-14)19(25(2)3)13-23-21(26)18-12-20(27-24-18)16-8-10-17(22)11-9-16/h4-12,19H,13H2,1-3H3,(H,23,26)/t19-/m1/s1. The molecule has 0 radical (unpaired) electrons. The number of carbonyl (C=O) groups excluding carboxylic acids is 1. The van der Waals surface area contributed by atoms with Crippen LogP contribution in [0.3, 0.4) is 0 Å². The maximum atomic E-state index is 12.5. The van der Waals surface area contributed by atoms with Crippen LogP contribution in [-0.4, -0.2) is 36.6 Å². The van der Waals surface area contributed by atoms with Crippen molar-refractivity contribution in [1.29, 1.82) is 0 Å². The maximum absolute atomic E-state index is 12.5. The second-order valence-electron chi connectivity index (χ2n) is 6.68. The molecule has 1 atom stereocenters. The summed E-state index contributed by atoms with van der Waals surface area (Å²) in [7, 11) is 4.00. The van der Waals surface area contributed by atoms with Crippen LogP contribution < -0.4 is 5.32 Å². The predicted octanol–water partition coefficient (Wildman–Crippen LogP) is 4.45. The van der Waals surface area contributed by atoms with E-state index in [4.69, 9.17) is 4.52 Å². The predicted molar refractivity (Wildman–Crippen MR) is 110 cm³/mol. The van der Waals surface area contributed by atoms with Crippen molar-refractivity contribution in [3.8, 4) is 11.3 Å². The fourth-order valence-electron chi connectivity index (χ4n) is 2.80. The summed E-state index contributed by atoms with van der Waals surface area (Å²) >= 11 is 3.40. The highest BCUT2D eigenvalue weighted by Crippen LogP contribution is 2.23. The van der Waals surface area contributed by atoms with E-state index >= 15 is 0 Å². The van der Waals surface area contributed by atoms with Gasteiger partial charge in [0.2, 0.25) is 0 Å². The van der Waals surface area contributed by atoms with Gasteiger partial charge in [0.1, 0.15) is 0 Å². The third-order valence-corrected chi connectivity index (χ3v) is 4.94. The van der Waals surface area contributed by atoms with Gasteiger partial charge < -0.3 is 14.7 Å². The van der Waals surface area contributed by atoms with Crippen molar-refractivity contribution in [2.75, 3.05) is 20.6 Å². The van der Waals surface area contributed by atoms with Crippen LogP contribution in [0.15, 0.2) is 63.6 Å². The number of halogens is 1. The molecular weight excluding hydrogens is 406 g/mol. The van der Waals surface area contributed by atoms with Crippen LogP contribution >= 0.6 is 15.9 Å². The molecule has 6 heteroatoms. The van der Waals surface area contributed by atoms with E-state index in [9.17, 15) is 4.79 Å². The third-order valence-electron chi connectivity index (χ3n) is 4.41. The van der Waals surface area contributed by atoms with Crippen molar-refractivity contribution in [1.82, 2.24) is 15.4 Å². The van der Waals surface area contributed by atoms with Crippen LogP contribution in [0.4, 0.5) is 0 Å². The molecule has 1 heterocycles. The Labute approximate surface area is 167 Å². The lowest BCUT2D eigenvalue weighted by Gasteiger charge is -2.25. The Balaban J connectivity index is 1.67. The van der Waals surface area contributed by atoms with E-state index in [-0.39, 0.29) is 17.6 Å². The number of hydrogen-bond donors (Lipinski definition) is 1. The molecule has 0 unspecified atom stereocenters. The van der Waals surface area contributed by atoms with Crippen LogP contribution in [0.25, 0.3) is 11.3 Å². The van der Waals surface area contributed by atoms with Crippen molar-refractivity contribution in [2.24, 2.45) is 0 Å². The summed E-state index contributed by atoms with van der Waals surface area (Å²) < 4.78 is 6.31. The van der Waals surface area contributed by atoms with E-state index in [2.05, 4.69) is 62.5 Å². The molecule has 2 aromatic carbocycles. The zero-order chi connectivity index (χ0) is 19.4. The summed E-state index contributed by atoms with van der Waals surface area (Å²) in [5.41, 5.74) is 3.51. The normalized spacial score (nSPS) is 12.2. The maximum Gasteiger partial charge on any atom is 0.273 e. The largest absolute Gasteiger partial charge is 0.355 e. The minimum atomic E-state index is -0.249. The molecule has 1 amide bonds. The molecule has 5 nitrogen and oxygen atoms in total. The van der Waals surface area contributed by atoms with E-state index in [1.165, 1.54) is 5.56 Å². The van der Waals surface area contributed by atoms with Gasteiger partial charge in [-0.15, -0.1) is 0 Å². The van der Waals surface area contributed by atoms with Crippen molar-refractivity contribution in [3.05, 3.63) is 75.9 Å². The SMILES string of the molecule is Cc1ccc([C@@H](CNC(=O)c2cc(-c3ccc(Br)cc3)on2)N(C)C)cc1. The van der Waals surface area contributed by atoms with E-state index in [1.54, 1.807) is 6.07 Å². The summed E-state index contributed by atoms with van der Waals surface area (Å²) in [6.45, 7) is 2.54. The summed E-state index contributed by atoms with van der Waals surface area (Å²) in [6.07, 6.45) is 0. The van der Waals surface area contributed by atoms with Gasteiger partial charge >= 0.3 is 0 Å². The number of nitrogens with one attached hydrogen (secondary N) is 1. The molecule has 0 fully saturated rings. The fraction of sp³-hybridized carbons (Fsp3) is 0.238. The molecule has 0 saturated heterocycles. The molecule has 27 heavy (non-hydrogen) atoms. The van der Waals surface area contributed by atoms with Gasteiger partial charge in [-0.3, -0.25) is 4.79 Å². The highest BCUT2D eigenvalue weighted by atomic mass is 79.9. The lowest BCUT2D eigenvalue weighted by atomic mass is 10.0. The number of aryl methyl sites for hydroxylation is 1. The number of benzene rings is 2. The van der Waals surface area contributed by atoms with Crippen LogP contribution in [0.2, 0.25) is 0 Å². The quantitative estimate of drug-likeness (QED) is 0.631. The van der Waals surface area contributed by atoms with E-state index in [0.717, 1.165) is 15.6 Å². The Morgan fingerprint density at radius 1 is 1.15 bits per heavy atom. The Morgan fingerprint density at radius 3 is 2.44 bits per heavy atom. The van der Waals surface area contributed by atoms with Gasteiger partial charge in [0.05, 0.1) is 6.04 Å². The van der Waals surface area contributed by atoms with E-state index in [1.807, 2.05) is 38.4 Å². The molecule has 3 aromatic rings. The number of carbonyl (C=O) groups is 1. The molecule has 1 aromatic heterocycles. The molecule has 140 valence electrons. The van der Waals surface area contributed by atoms with Crippen LogP contribution in [0.1, 0.15) is 27.7 Å². The summed E-state index contributed by atoms with van der Waals surface area (Å²) in [6, 6.07) is 17.7. The Kier molecular flexibility index (Phi) is 6.08. The Hall–Kier alpha value is -2.44. The van der Waals surface area contributed by atoms with Crippen LogP contribution in [0.5, 0.6) is 0 Å². The third kappa shape index (κ3) is 4.84. The average Bonchev–Trinajstić information content (AvgIpc) is 3.14. The molecule has 0 saturated carbocycles. The van der Waals surface area contributed by atoms with Crippen LogP contribution in [-0.2, 0) is 0 Å². The molecule has 3 rings (SSSR count). The summed E-state index contributed by atoms with van der Waals surface area (Å²) in [4.78, 5) is 14.6. The van der Waals surface area contributed by atoms with Gasteiger partial charge in [0.25, 0.3) is 5.91 Å². The molecular formula is C21H22BrN3O2. The second-order valence-corrected chi connectivity index (χ2v) is 7.60. The minimum Gasteiger partial charge on any atom is -0.355 e. The molecule has 0 aliphatic heterocycles. The van der Waals surface area contributed by atoms with Gasteiger partial charge in [-0.25, -0.2) is 0 Å². The molecule has 0 spiro atoms. The first-order chi connectivity index (χ1) is 12.9. The topological polar surface area (TPSA) is 58.4 Å².